The zero-order valence-corrected chi connectivity index (χ0v) is 17.3. The van der Waals surface area contributed by atoms with Crippen molar-refractivity contribution in [1.82, 2.24) is 24.1 Å². The highest BCUT2D eigenvalue weighted by atomic mass is 16.3. The zero-order valence-electron chi connectivity index (χ0n) is 17.3. The molecule has 2 fully saturated rings. The number of piperidine rings is 1. The van der Waals surface area contributed by atoms with E-state index >= 15 is 0 Å². The first kappa shape index (κ1) is 19.3. The van der Waals surface area contributed by atoms with E-state index in [0.717, 1.165) is 62.5 Å². The largest absolute Gasteiger partial charge is 0.391 e. The normalized spacial score (nSPS) is 22.8. The molecule has 0 aliphatic carbocycles. The van der Waals surface area contributed by atoms with Gasteiger partial charge in [-0.2, -0.15) is 5.10 Å². The molecule has 1 N–H and O–H groups in total. The fraction of sp³-hybridized carbons (Fsp3) is 0.500. The van der Waals surface area contributed by atoms with Gasteiger partial charge < -0.3 is 14.4 Å². The third kappa shape index (κ3) is 3.73. The SMILES string of the molecule is Cc1ccc2ncc(CN3CCC[C@@H](n4ncc(N5CC[C@H](O)C5)cc4=O)C3)n2c1. The average Bonchev–Trinajstić information content (AvgIpc) is 3.34. The van der Waals surface area contributed by atoms with Gasteiger partial charge in [0.25, 0.3) is 5.56 Å². The van der Waals surface area contributed by atoms with Gasteiger partial charge in [0.1, 0.15) is 5.65 Å². The summed E-state index contributed by atoms with van der Waals surface area (Å²) in [5.41, 5.74) is 4.08. The molecule has 0 unspecified atom stereocenters. The summed E-state index contributed by atoms with van der Waals surface area (Å²) in [4.78, 5) is 21.7. The van der Waals surface area contributed by atoms with E-state index in [0.29, 0.717) is 6.54 Å². The van der Waals surface area contributed by atoms with E-state index in [2.05, 4.69) is 38.6 Å². The zero-order chi connectivity index (χ0) is 20.7. The number of hydrogen-bond donors (Lipinski definition) is 1. The molecule has 2 atom stereocenters. The first-order valence-corrected chi connectivity index (χ1v) is 10.7. The second kappa shape index (κ2) is 7.85. The summed E-state index contributed by atoms with van der Waals surface area (Å²) in [7, 11) is 0. The monoisotopic (exact) mass is 408 g/mol. The number of hydrogen-bond acceptors (Lipinski definition) is 6. The van der Waals surface area contributed by atoms with Crippen LogP contribution in [0.15, 0.2) is 41.6 Å². The van der Waals surface area contributed by atoms with E-state index < -0.39 is 0 Å². The van der Waals surface area contributed by atoms with Gasteiger partial charge in [0.2, 0.25) is 0 Å². The van der Waals surface area contributed by atoms with Gasteiger partial charge in [-0.1, -0.05) is 6.07 Å². The van der Waals surface area contributed by atoms with Crippen molar-refractivity contribution in [1.29, 1.82) is 0 Å². The van der Waals surface area contributed by atoms with Crippen LogP contribution in [0.3, 0.4) is 0 Å². The summed E-state index contributed by atoms with van der Waals surface area (Å²) in [6.07, 6.45) is 8.25. The number of rotatable bonds is 4. The smallest absolute Gasteiger partial charge is 0.269 e. The molecule has 0 aromatic carbocycles. The fourth-order valence-electron chi connectivity index (χ4n) is 4.69. The third-order valence-electron chi connectivity index (χ3n) is 6.28. The van der Waals surface area contributed by atoms with Crippen LogP contribution in [0.25, 0.3) is 5.65 Å². The van der Waals surface area contributed by atoms with Gasteiger partial charge in [-0.25, -0.2) is 9.67 Å². The predicted octanol–water partition coefficient (Wildman–Crippen LogP) is 1.61. The Bertz CT molecular complexity index is 1110. The summed E-state index contributed by atoms with van der Waals surface area (Å²) in [5, 5.41) is 14.2. The van der Waals surface area contributed by atoms with Gasteiger partial charge in [0.05, 0.1) is 35.9 Å². The van der Waals surface area contributed by atoms with Crippen LogP contribution in [-0.2, 0) is 6.54 Å². The van der Waals surface area contributed by atoms with E-state index in [-0.39, 0.29) is 17.7 Å². The molecule has 8 nitrogen and oxygen atoms in total. The standard InChI is InChI=1S/C22H28N6O2/c1-16-4-5-21-23-10-19(27(21)12-16)14-25-7-2-3-17(13-25)28-22(30)9-18(11-24-28)26-8-6-20(29)15-26/h4-5,9-12,17,20,29H,2-3,6-8,13-15H2,1H3/t17-,20+/m1/s1. The fourth-order valence-corrected chi connectivity index (χ4v) is 4.69. The molecule has 0 bridgehead atoms. The van der Waals surface area contributed by atoms with Crippen LogP contribution in [0.2, 0.25) is 0 Å². The Morgan fingerprint density at radius 3 is 2.87 bits per heavy atom. The highest BCUT2D eigenvalue weighted by Gasteiger charge is 2.25. The number of aliphatic hydroxyl groups is 1. The number of aliphatic hydroxyl groups excluding tert-OH is 1. The topological polar surface area (TPSA) is 78.9 Å². The van der Waals surface area contributed by atoms with Crippen molar-refractivity contribution in [2.24, 2.45) is 0 Å². The minimum Gasteiger partial charge on any atom is -0.391 e. The number of β-amino-alcohol motifs (C(OH)–C–C–N with tert-alkyl or cyclic N) is 1. The van der Waals surface area contributed by atoms with Gasteiger partial charge >= 0.3 is 0 Å². The Kier molecular flexibility index (Phi) is 5.04. The predicted molar refractivity (Wildman–Crippen MR) is 115 cm³/mol. The molecule has 158 valence electrons. The summed E-state index contributed by atoms with van der Waals surface area (Å²) >= 11 is 0. The van der Waals surface area contributed by atoms with Gasteiger partial charge in [-0.05, 0) is 44.4 Å². The van der Waals surface area contributed by atoms with Crippen LogP contribution in [0.5, 0.6) is 0 Å². The van der Waals surface area contributed by atoms with Crippen molar-refractivity contribution in [2.75, 3.05) is 31.1 Å². The molecule has 8 heteroatoms. The van der Waals surface area contributed by atoms with Crippen molar-refractivity contribution in [2.45, 2.75) is 44.9 Å². The summed E-state index contributed by atoms with van der Waals surface area (Å²) in [6.45, 7) is 6.04. The van der Waals surface area contributed by atoms with E-state index in [1.54, 1.807) is 16.9 Å². The molecule has 3 aromatic heterocycles. The number of aryl methyl sites for hydroxylation is 1. The van der Waals surface area contributed by atoms with Gasteiger partial charge in [0.15, 0.2) is 0 Å². The maximum Gasteiger partial charge on any atom is 0.269 e. The molecule has 3 aromatic rings. The summed E-state index contributed by atoms with van der Waals surface area (Å²) < 4.78 is 3.80. The van der Waals surface area contributed by atoms with Crippen LogP contribution >= 0.6 is 0 Å². The lowest BCUT2D eigenvalue weighted by atomic mass is 10.1. The molecular formula is C22H28N6O2. The maximum atomic E-state index is 12.8. The van der Waals surface area contributed by atoms with Crippen LogP contribution in [0, 0.1) is 6.92 Å². The number of imidazole rings is 1. The number of likely N-dealkylation sites (tertiary alicyclic amines) is 1. The van der Waals surface area contributed by atoms with E-state index in [9.17, 15) is 9.90 Å². The van der Waals surface area contributed by atoms with Crippen LogP contribution in [0.4, 0.5) is 5.69 Å². The van der Waals surface area contributed by atoms with Crippen LogP contribution in [0.1, 0.15) is 36.6 Å². The quantitative estimate of drug-likeness (QED) is 0.707. The molecule has 2 aliphatic rings. The summed E-state index contributed by atoms with van der Waals surface area (Å²) in [6, 6.07) is 5.86. The Morgan fingerprint density at radius 1 is 1.17 bits per heavy atom. The number of fused-ring (bicyclic) bond motifs is 1. The third-order valence-corrected chi connectivity index (χ3v) is 6.28. The summed E-state index contributed by atoms with van der Waals surface area (Å²) in [5.74, 6) is 0. The highest BCUT2D eigenvalue weighted by molar-refractivity contribution is 5.44. The lowest BCUT2D eigenvalue weighted by Crippen LogP contribution is -2.40. The van der Waals surface area contributed by atoms with Crippen molar-refractivity contribution < 1.29 is 5.11 Å². The lowest BCUT2D eigenvalue weighted by Gasteiger charge is -2.33. The molecule has 2 aliphatic heterocycles. The van der Waals surface area contributed by atoms with Gasteiger partial charge in [0, 0.05) is 38.4 Å². The second-order valence-electron chi connectivity index (χ2n) is 8.60. The first-order chi connectivity index (χ1) is 14.6. The number of anilines is 1. The molecular weight excluding hydrogens is 380 g/mol. The second-order valence-corrected chi connectivity index (χ2v) is 8.60. The van der Waals surface area contributed by atoms with Gasteiger partial charge in [-0.3, -0.25) is 9.69 Å². The molecule has 2 saturated heterocycles. The van der Waals surface area contributed by atoms with Crippen molar-refractivity contribution in [3.8, 4) is 0 Å². The Balaban J connectivity index is 1.31. The molecule has 30 heavy (non-hydrogen) atoms. The molecule has 0 amide bonds. The average molecular weight is 409 g/mol. The first-order valence-electron chi connectivity index (χ1n) is 10.7. The van der Waals surface area contributed by atoms with E-state index in [4.69, 9.17) is 0 Å². The Hall–Kier alpha value is -2.71. The molecule has 5 rings (SSSR count). The molecule has 0 spiro atoms. The van der Waals surface area contributed by atoms with Gasteiger partial charge in [-0.15, -0.1) is 0 Å². The number of nitrogens with zero attached hydrogens (tertiary/aromatic N) is 6. The number of aromatic nitrogens is 4. The number of pyridine rings is 1. The Labute approximate surface area is 175 Å². The molecule has 0 saturated carbocycles. The Morgan fingerprint density at radius 2 is 2.07 bits per heavy atom. The van der Waals surface area contributed by atoms with Crippen molar-refractivity contribution in [3.63, 3.8) is 0 Å². The minimum atomic E-state index is -0.317. The highest BCUT2D eigenvalue weighted by Crippen LogP contribution is 2.23. The van der Waals surface area contributed by atoms with Crippen LogP contribution < -0.4 is 10.5 Å². The van der Waals surface area contributed by atoms with Crippen LogP contribution in [-0.4, -0.2) is 61.5 Å². The maximum absolute atomic E-state index is 12.8. The molecule has 5 heterocycles. The minimum absolute atomic E-state index is 0.0637. The van der Waals surface area contributed by atoms with E-state index in [1.807, 2.05) is 17.2 Å². The molecule has 0 radical (unpaired) electrons. The van der Waals surface area contributed by atoms with Crippen molar-refractivity contribution >= 4 is 11.3 Å². The van der Waals surface area contributed by atoms with E-state index in [1.165, 1.54) is 5.56 Å². The lowest BCUT2D eigenvalue weighted by molar-refractivity contribution is 0.158. The van der Waals surface area contributed by atoms with Crippen molar-refractivity contribution in [3.05, 3.63) is 58.4 Å².